The molecule has 0 bridgehead atoms. The van der Waals surface area contributed by atoms with Gasteiger partial charge in [0.1, 0.15) is 5.83 Å². The Morgan fingerprint density at radius 3 is 2.50 bits per heavy atom. The van der Waals surface area contributed by atoms with Gasteiger partial charge in [-0.2, -0.15) is 0 Å². The predicted octanol–water partition coefficient (Wildman–Crippen LogP) is 3.58. The van der Waals surface area contributed by atoms with Crippen LogP contribution in [0.1, 0.15) is 6.42 Å². The lowest BCUT2D eigenvalue weighted by molar-refractivity contribution is 0.344. The molecular weight excluding hydrogens is 270 g/mol. The Hall–Kier alpha value is 0.300. The summed E-state index contributed by atoms with van der Waals surface area (Å²) in [5, 5.41) is 0. The second kappa shape index (κ2) is 2.74. The van der Waals surface area contributed by atoms with Gasteiger partial charge in [-0.1, -0.05) is 22.0 Å². The third-order valence-corrected chi connectivity index (χ3v) is 3.40. The minimum atomic E-state index is -2.12. The van der Waals surface area contributed by atoms with Crippen molar-refractivity contribution in [3.8, 4) is 0 Å². The van der Waals surface area contributed by atoms with E-state index in [1.807, 2.05) is 0 Å². The van der Waals surface area contributed by atoms with Crippen LogP contribution in [0.2, 0.25) is 0 Å². The Labute approximate surface area is 74.2 Å². The lowest BCUT2D eigenvalue weighted by Crippen LogP contribution is -2.16. The molecule has 0 radical (unpaired) electrons. The van der Waals surface area contributed by atoms with Crippen molar-refractivity contribution < 1.29 is 8.78 Å². The summed E-state index contributed by atoms with van der Waals surface area (Å²) in [6, 6.07) is 0. The lowest BCUT2D eigenvalue weighted by atomic mass is 10.2. The van der Waals surface area contributed by atoms with Gasteiger partial charge < -0.3 is 0 Å². The van der Waals surface area contributed by atoms with Gasteiger partial charge in [0.25, 0.3) is 0 Å². The van der Waals surface area contributed by atoms with E-state index >= 15 is 0 Å². The molecule has 1 unspecified atom stereocenters. The van der Waals surface area contributed by atoms with Crippen LogP contribution < -0.4 is 0 Å². The number of rotatable bonds is 0. The van der Waals surface area contributed by atoms with Crippen LogP contribution in [0.5, 0.6) is 0 Å². The summed E-state index contributed by atoms with van der Waals surface area (Å²) in [5.74, 6) is -0.790. The van der Waals surface area contributed by atoms with E-state index in [1.165, 1.54) is 6.08 Å². The number of hydrogen-bond donors (Lipinski definition) is 0. The Kier molecular flexibility index (Phi) is 2.30. The normalized spacial score (nSPS) is 33.2. The second-order valence-corrected chi connectivity index (χ2v) is 3.86. The van der Waals surface area contributed by atoms with Crippen LogP contribution in [0.4, 0.5) is 8.78 Å². The molecule has 1 atom stereocenters. The zero-order chi connectivity index (χ0) is 7.78. The van der Waals surface area contributed by atoms with Crippen molar-refractivity contribution in [3.63, 3.8) is 0 Å². The fraction of sp³-hybridized carbons (Fsp3) is 0.333. The zero-order valence-electron chi connectivity index (χ0n) is 4.87. The highest BCUT2D eigenvalue weighted by Gasteiger charge is 2.36. The molecule has 0 aromatic heterocycles. The second-order valence-electron chi connectivity index (χ2n) is 1.91. The first-order valence-corrected chi connectivity index (χ1v) is 4.24. The molecule has 1 rings (SSSR count). The maximum absolute atomic E-state index is 13.0. The van der Waals surface area contributed by atoms with Gasteiger partial charge in [0.15, 0.2) is 0 Å². The van der Waals surface area contributed by atoms with Crippen LogP contribution in [0.25, 0.3) is 0 Å². The molecule has 56 valence electrons. The van der Waals surface area contributed by atoms with E-state index in [2.05, 4.69) is 31.9 Å². The highest BCUT2D eigenvalue weighted by Crippen LogP contribution is 2.43. The first-order valence-electron chi connectivity index (χ1n) is 2.65. The first kappa shape index (κ1) is 8.40. The van der Waals surface area contributed by atoms with Crippen LogP contribution in [-0.4, -0.2) is 4.58 Å². The van der Waals surface area contributed by atoms with E-state index in [0.717, 1.165) is 0 Å². The average molecular weight is 274 g/mol. The maximum Gasteiger partial charge on any atom is 0.246 e. The molecule has 1 aliphatic rings. The van der Waals surface area contributed by atoms with Crippen molar-refractivity contribution >= 4 is 31.9 Å². The quantitative estimate of drug-likeness (QED) is 0.592. The SMILES string of the molecule is FC1=CCC=C(Br)C1(F)Br. The maximum atomic E-state index is 13.0. The Bertz CT molecular complexity index is 186. The molecule has 10 heavy (non-hydrogen) atoms. The molecule has 4 heteroatoms. The molecule has 0 fully saturated rings. The van der Waals surface area contributed by atoms with Gasteiger partial charge in [-0.05, 0) is 28.4 Å². The van der Waals surface area contributed by atoms with Crippen LogP contribution in [0.3, 0.4) is 0 Å². The molecule has 0 aromatic carbocycles. The topological polar surface area (TPSA) is 0 Å². The summed E-state index contributed by atoms with van der Waals surface area (Å²) >= 11 is 5.51. The third-order valence-electron chi connectivity index (χ3n) is 1.19. The van der Waals surface area contributed by atoms with E-state index in [1.54, 1.807) is 6.08 Å². The van der Waals surface area contributed by atoms with Gasteiger partial charge >= 0.3 is 0 Å². The van der Waals surface area contributed by atoms with Crippen LogP contribution >= 0.6 is 31.9 Å². The third kappa shape index (κ3) is 1.32. The zero-order valence-corrected chi connectivity index (χ0v) is 8.05. The molecule has 0 N–H and O–H groups in total. The Balaban J connectivity index is 2.95. The summed E-state index contributed by atoms with van der Waals surface area (Å²) in [5.41, 5.74) is 0. The fourth-order valence-corrected chi connectivity index (χ4v) is 1.34. The Morgan fingerprint density at radius 1 is 1.50 bits per heavy atom. The highest BCUT2D eigenvalue weighted by molar-refractivity contribution is 9.14. The molecule has 0 aliphatic heterocycles. The van der Waals surface area contributed by atoms with Gasteiger partial charge in [0.05, 0.1) is 0 Å². The molecule has 0 spiro atoms. The van der Waals surface area contributed by atoms with E-state index in [0.29, 0.717) is 6.42 Å². The minimum absolute atomic E-state index is 0.194. The lowest BCUT2D eigenvalue weighted by Gasteiger charge is -2.18. The summed E-state index contributed by atoms with van der Waals surface area (Å²) < 4.78 is 23.7. The van der Waals surface area contributed by atoms with Gasteiger partial charge in [0, 0.05) is 4.48 Å². The standard InChI is InChI=1S/C6H4Br2F2/c7-4-2-1-3-5(9)6(4,8)10/h2-3H,1H2. The molecule has 1 aliphatic carbocycles. The molecule has 0 saturated heterocycles. The van der Waals surface area contributed by atoms with E-state index in [4.69, 9.17) is 0 Å². The van der Waals surface area contributed by atoms with Crippen LogP contribution in [0, 0.1) is 0 Å². The minimum Gasteiger partial charge on any atom is -0.218 e. The molecule has 0 nitrogen and oxygen atoms in total. The highest BCUT2D eigenvalue weighted by atomic mass is 79.9. The molecular formula is C6H4Br2F2. The van der Waals surface area contributed by atoms with Crippen molar-refractivity contribution in [2.75, 3.05) is 0 Å². The summed E-state index contributed by atoms with van der Waals surface area (Å²) in [7, 11) is 0. The van der Waals surface area contributed by atoms with Crippen molar-refractivity contribution in [2.45, 2.75) is 11.0 Å². The molecule has 0 aromatic rings. The average Bonchev–Trinajstić information content (AvgIpc) is 1.84. The van der Waals surface area contributed by atoms with Crippen LogP contribution in [-0.2, 0) is 0 Å². The summed E-state index contributed by atoms with van der Waals surface area (Å²) in [4.78, 5) is 0. The fourth-order valence-electron chi connectivity index (χ4n) is 0.636. The molecule has 0 saturated carbocycles. The van der Waals surface area contributed by atoms with Gasteiger partial charge in [-0.25, -0.2) is 8.78 Å². The summed E-state index contributed by atoms with van der Waals surface area (Å²) in [6.07, 6.45) is 3.20. The van der Waals surface area contributed by atoms with Gasteiger partial charge in [-0.3, -0.25) is 0 Å². The number of allylic oxidation sites excluding steroid dienone is 4. The smallest absolute Gasteiger partial charge is 0.218 e. The van der Waals surface area contributed by atoms with Gasteiger partial charge in [-0.15, -0.1) is 0 Å². The van der Waals surface area contributed by atoms with E-state index in [-0.39, 0.29) is 4.48 Å². The molecule has 0 heterocycles. The number of halogens is 4. The largest absolute Gasteiger partial charge is 0.246 e. The Morgan fingerprint density at radius 2 is 2.10 bits per heavy atom. The summed E-state index contributed by atoms with van der Waals surface area (Å²) in [6.45, 7) is 0. The number of alkyl halides is 2. The predicted molar refractivity (Wildman–Crippen MR) is 43.6 cm³/mol. The number of hydrogen-bond acceptors (Lipinski definition) is 0. The van der Waals surface area contributed by atoms with Gasteiger partial charge in [0.2, 0.25) is 4.58 Å². The van der Waals surface area contributed by atoms with Crippen LogP contribution in [0.15, 0.2) is 22.5 Å². The van der Waals surface area contributed by atoms with Crippen molar-refractivity contribution in [1.29, 1.82) is 0 Å². The van der Waals surface area contributed by atoms with Crippen molar-refractivity contribution in [1.82, 2.24) is 0 Å². The monoisotopic (exact) mass is 272 g/mol. The first-order chi connectivity index (χ1) is 4.55. The van der Waals surface area contributed by atoms with E-state index < -0.39 is 10.4 Å². The van der Waals surface area contributed by atoms with Crippen molar-refractivity contribution in [3.05, 3.63) is 22.5 Å². The van der Waals surface area contributed by atoms with Crippen molar-refractivity contribution in [2.24, 2.45) is 0 Å². The molecule has 0 amide bonds. The van der Waals surface area contributed by atoms with E-state index in [9.17, 15) is 8.78 Å².